The summed E-state index contributed by atoms with van der Waals surface area (Å²) in [4.78, 5) is 26.1. The van der Waals surface area contributed by atoms with Gasteiger partial charge in [-0.1, -0.05) is 25.0 Å². The molecule has 0 saturated carbocycles. The molecule has 1 aromatic heterocycles. The number of aliphatic hydroxyl groups excluding tert-OH is 1. The molecule has 2 N–H and O–H groups in total. The number of anilines is 1. The van der Waals surface area contributed by atoms with Gasteiger partial charge in [-0.15, -0.1) is 5.10 Å². The van der Waals surface area contributed by atoms with Crippen LogP contribution in [0.1, 0.15) is 62.8 Å². The molecule has 2 aromatic rings. The molecule has 4 rings (SSSR count). The molecule has 9 nitrogen and oxygen atoms in total. The summed E-state index contributed by atoms with van der Waals surface area (Å²) in [5.41, 5.74) is 2.55. The number of hydrogen-bond acceptors (Lipinski definition) is 7. The highest BCUT2D eigenvalue weighted by molar-refractivity contribution is 6.71. The molecule has 0 radical (unpaired) electrons. The largest absolute Gasteiger partial charge is 0.490 e. The second-order valence-corrected chi connectivity index (χ2v) is 15.1. The van der Waals surface area contributed by atoms with E-state index in [9.17, 15) is 9.59 Å². The number of fused-ring (bicyclic) bond motifs is 1. The number of amides is 1. The number of methoxy groups -OCH3 is 1. The maximum atomic E-state index is 12.8. The first-order valence-electron chi connectivity index (χ1n) is 13.6. The molecule has 2 aliphatic rings. The van der Waals surface area contributed by atoms with Gasteiger partial charge in [-0.05, 0) is 50.6 Å². The van der Waals surface area contributed by atoms with Gasteiger partial charge < -0.3 is 24.3 Å². The van der Waals surface area contributed by atoms with Crippen LogP contribution in [0.4, 0.5) is 5.69 Å². The van der Waals surface area contributed by atoms with Crippen LogP contribution < -0.4 is 9.64 Å². The lowest BCUT2D eigenvalue weighted by Gasteiger charge is -2.44. The zero-order valence-corrected chi connectivity index (χ0v) is 23.6. The lowest BCUT2D eigenvalue weighted by atomic mass is 9.86. The predicted octanol–water partition coefficient (Wildman–Crippen LogP) is 3.85. The van der Waals surface area contributed by atoms with Crippen molar-refractivity contribution in [3.8, 4) is 5.75 Å². The minimum atomic E-state index is -2.63. The molecule has 37 heavy (non-hydrogen) atoms. The molecule has 10 heteroatoms. The lowest BCUT2D eigenvalue weighted by Crippen LogP contribution is -2.48. The molecule has 4 atom stereocenters. The van der Waals surface area contributed by atoms with Crippen molar-refractivity contribution in [3.05, 3.63) is 35.7 Å². The van der Waals surface area contributed by atoms with Crippen LogP contribution >= 0.6 is 0 Å². The molecule has 3 heterocycles. The summed E-state index contributed by atoms with van der Waals surface area (Å²) in [5, 5.41) is 17.5. The second-order valence-electron chi connectivity index (χ2n) is 11.0. The van der Waals surface area contributed by atoms with Crippen LogP contribution in [-0.4, -0.2) is 65.5 Å². The number of benzene rings is 1. The van der Waals surface area contributed by atoms with Gasteiger partial charge in [-0.3, -0.25) is 9.48 Å². The third kappa shape index (κ3) is 6.42. The van der Waals surface area contributed by atoms with Crippen molar-refractivity contribution in [1.29, 1.82) is 0 Å². The van der Waals surface area contributed by atoms with Crippen LogP contribution in [0.5, 0.6) is 5.75 Å². The van der Waals surface area contributed by atoms with Gasteiger partial charge in [-0.2, -0.15) is 0 Å². The third-order valence-electron chi connectivity index (χ3n) is 7.87. The summed E-state index contributed by atoms with van der Waals surface area (Å²) in [5.74, 6) is 0.937. The smallest absolute Gasteiger partial charge is 0.226 e. The number of carbonyl (C=O) groups is 1. The first kappa shape index (κ1) is 27.8. The zero-order valence-electron chi connectivity index (χ0n) is 22.6. The van der Waals surface area contributed by atoms with E-state index in [1.807, 2.05) is 36.3 Å². The number of aryl methyl sites for hydroxylation is 1. The molecule has 2 aliphatic heterocycles. The summed E-state index contributed by atoms with van der Waals surface area (Å²) >= 11 is 0. The van der Waals surface area contributed by atoms with Crippen molar-refractivity contribution < 1.29 is 24.2 Å². The Kier molecular flexibility index (Phi) is 9.05. The summed E-state index contributed by atoms with van der Waals surface area (Å²) in [6.07, 6.45) is 7.40. The molecule has 0 spiro atoms. The molecule has 1 amide bonds. The molecular formula is C27H42N4O5Si. The molecule has 1 saturated heterocycles. The van der Waals surface area contributed by atoms with E-state index >= 15 is 0 Å². The topological polar surface area (TPSA) is 110 Å². The molecule has 1 aromatic carbocycles. The molecule has 0 bridgehead atoms. The number of nitrogens with zero attached hydrogens (tertiary/aromatic N) is 4. The van der Waals surface area contributed by atoms with E-state index in [2.05, 4.69) is 23.3 Å². The predicted molar refractivity (Wildman–Crippen MR) is 144 cm³/mol. The van der Waals surface area contributed by atoms with Gasteiger partial charge in [0, 0.05) is 68.6 Å². The number of hydrogen-bond donors (Lipinski definition) is 2. The van der Waals surface area contributed by atoms with Gasteiger partial charge in [0.05, 0.1) is 11.8 Å². The first-order valence-corrected chi connectivity index (χ1v) is 16.6. The van der Waals surface area contributed by atoms with E-state index in [1.165, 1.54) is 0 Å². The normalized spacial score (nSPS) is 23.7. The fourth-order valence-corrected chi connectivity index (χ4v) is 7.84. The van der Waals surface area contributed by atoms with E-state index in [0.717, 1.165) is 54.9 Å². The van der Waals surface area contributed by atoms with E-state index in [0.29, 0.717) is 25.8 Å². The van der Waals surface area contributed by atoms with E-state index < -0.39 is 8.32 Å². The Morgan fingerprint density at radius 1 is 1.24 bits per heavy atom. The van der Waals surface area contributed by atoms with Crippen LogP contribution in [0.15, 0.2) is 24.4 Å². The number of carbonyl (C=O) groups excluding carboxylic acids is 1. The van der Waals surface area contributed by atoms with E-state index in [-0.39, 0.29) is 36.2 Å². The highest BCUT2D eigenvalue weighted by Crippen LogP contribution is 2.47. The van der Waals surface area contributed by atoms with Crippen molar-refractivity contribution >= 4 is 19.9 Å². The fraction of sp³-hybridized carbons (Fsp3) is 0.667. The Bertz CT molecular complexity index is 1060. The van der Waals surface area contributed by atoms with Crippen molar-refractivity contribution in [3.63, 3.8) is 0 Å². The van der Waals surface area contributed by atoms with Gasteiger partial charge in [0.15, 0.2) is 8.32 Å². The minimum absolute atomic E-state index is 0.000376. The van der Waals surface area contributed by atoms with Gasteiger partial charge in [-0.25, -0.2) is 0 Å². The summed E-state index contributed by atoms with van der Waals surface area (Å²) in [7, 11) is -0.916. The number of rotatable bonds is 9. The standard InChI is InChI=1S/C27H42N4O5Si/c1-19-26(35-2)22-17-21(31-14-8-6-5-7-9-25(31)33)10-11-23(22)36-27(19)24(37(3,4)34)12-15-30-18-20(13-16-32)28-29-30/h10-11,17-19,24,26-27,32,34H,5-9,12-16H2,1-4H3/t19-,24?,26-,27-/m0/s1. The van der Waals surface area contributed by atoms with E-state index in [4.69, 9.17) is 14.6 Å². The van der Waals surface area contributed by atoms with Crippen LogP contribution in [0.2, 0.25) is 18.6 Å². The van der Waals surface area contributed by atoms with Crippen molar-refractivity contribution in [2.24, 2.45) is 5.92 Å². The maximum absolute atomic E-state index is 12.8. The van der Waals surface area contributed by atoms with Crippen LogP contribution in [0.3, 0.4) is 0 Å². The Hall–Kier alpha value is -2.27. The second kappa shape index (κ2) is 12.1. The van der Waals surface area contributed by atoms with Gasteiger partial charge >= 0.3 is 0 Å². The quantitative estimate of drug-likeness (QED) is 0.474. The molecule has 204 valence electrons. The van der Waals surface area contributed by atoms with Crippen LogP contribution in [0.25, 0.3) is 0 Å². The number of ether oxygens (including phenoxy) is 2. The lowest BCUT2D eigenvalue weighted by molar-refractivity contribution is -0.118. The van der Waals surface area contributed by atoms with E-state index in [1.54, 1.807) is 11.8 Å². The van der Waals surface area contributed by atoms with Crippen molar-refractivity contribution in [2.75, 3.05) is 25.2 Å². The van der Waals surface area contributed by atoms with Crippen LogP contribution in [0, 0.1) is 5.92 Å². The monoisotopic (exact) mass is 530 g/mol. The maximum Gasteiger partial charge on any atom is 0.226 e. The van der Waals surface area contributed by atoms with Crippen molar-refractivity contribution in [1.82, 2.24) is 15.0 Å². The summed E-state index contributed by atoms with van der Waals surface area (Å²) < 4.78 is 14.4. The average molecular weight is 531 g/mol. The first-order chi connectivity index (χ1) is 17.7. The Balaban J connectivity index is 1.57. The third-order valence-corrected chi connectivity index (χ3v) is 10.3. The number of aliphatic hydroxyl groups is 1. The Morgan fingerprint density at radius 2 is 2.03 bits per heavy atom. The summed E-state index contributed by atoms with van der Waals surface area (Å²) in [6, 6.07) is 6.00. The van der Waals surface area contributed by atoms with Gasteiger partial charge in [0.25, 0.3) is 0 Å². The molecule has 1 fully saturated rings. The molecule has 0 aliphatic carbocycles. The van der Waals surface area contributed by atoms with Gasteiger partial charge in [0.1, 0.15) is 11.9 Å². The highest BCUT2D eigenvalue weighted by atomic mass is 28.4. The zero-order chi connectivity index (χ0) is 26.6. The molecule has 1 unspecified atom stereocenters. The summed E-state index contributed by atoms with van der Waals surface area (Å²) in [6.45, 7) is 7.42. The minimum Gasteiger partial charge on any atom is -0.490 e. The average Bonchev–Trinajstić information content (AvgIpc) is 3.29. The van der Waals surface area contributed by atoms with Crippen LogP contribution in [-0.2, 0) is 22.5 Å². The van der Waals surface area contributed by atoms with Gasteiger partial charge in [0.2, 0.25) is 5.91 Å². The molecular weight excluding hydrogens is 488 g/mol. The number of aromatic nitrogens is 3. The Morgan fingerprint density at radius 3 is 2.76 bits per heavy atom. The van der Waals surface area contributed by atoms with Crippen molar-refractivity contribution in [2.45, 2.75) is 89.3 Å². The highest BCUT2D eigenvalue weighted by Gasteiger charge is 2.46. The fourth-order valence-electron chi connectivity index (χ4n) is 5.83. The SMILES string of the molecule is CO[C@@H]1c2cc(N3CCCCCCC3=O)ccc2O[C@H](C(CCn2cc(CCO)nn2)[Si](C)(C)O)[C@H]1C. The Labute approximate surface area is 220 Å².